The molecule has 0 radical (unpaired) electrons. The minimum absolute atomic E-state index is 0.0562. The number of nitriles is 1. The van der Waals surface area contributed by atoms with Gasteiger partial charge in [-0.1, -0.05) is 41.4 Å². The van der Waals surface area contributed by atoms with E-state index in [1.165, 1.54) is 11.3 Å². The second kappa shape index (κ2) is 6.86. The van der Waals surface area contributed by atoms with E-state index in [0.29, 0.717) is 16.3 Å². The van der Waals surface area contributed by atoms with Crippen LogP contribution in [0.15, 0.2) is 42.5 Å². The maximum atomic E-state index is 8.96. The zero-order chi connectivity index (χ0) is 18.1. The second-order valence-corrected chi connectivity index (χ2v) is 7.02. The summed E-state index contributed by atoms with van der Waals surface area (Å²) < 4.78 is 6.08. The van der Waals surface area contributed by atoms with Gasteiger partial charge in [-0.2, -0.15) is 5.26 Å². The summed E-state index contributed by atoms with van der Waals surface area (Å²) in [4.78, 5) is 8.24. The Bertz CT molecular complexity index is 985. The van der Waals surface area contributed by atoms with Crippen molar-refractivity contribution < 1.29 is 4.74 Å². The fraction of sp³-hybridized carbons (Fsp3) is 0.238. The first-order valence-corrected chi connectivity index (χ1v) is 9.01. The third-order valence-electron chi connectivity index (χ3n) is 4.69. The van der Waals surface area contributed by atoms with Gasteiger partial charge in [0.05, 0.1) is 16.3 Å². The molecule has 4 nitrogen and oxygen atoms in total. The van der Waals surface area contributed by atoms with Gasteiger partial charge >= 0.3 is 0 Å². The van der Waals surface area contributed by atoms with E-state index in [4.69, 9.17) is 26.6 Å². The average molecular weight is 364 g/mol. The lowest BCUT2D eigenvalue weighted by molar-refractivity contribution is 0.183. The van der Waals surface area contributed by atoms with Crippen molar-refractivity contribution in [3.8, 4) is 23.2 Å². The van der Waals surface area contributed by atoms with E-state index < -0.39 is 0 Å². The zero-order valence-electron chi connectivity index (χ0n) is 14.4. The number of rotatable bonds is 3. The van der Waals surface area contributed by atoms with Crippen molar-refractivity contribution in [2.24, 2.45) is 0 Å². The SMILES string of the molecule is Cc1ccc(-c2nc3c([nH]2)CC[C@@H](Oc2ccc(C#N)c(Cl)c2)C3)cc1. The molecular weight excluding hydrogens is 346 g/mol. The Morgan fingerprint density at radius 3 is 2.77 bits per heavy atom. The van der Waals surface area contributed by atoms with E-state index in [2.05, 4.69) is 42.2 Å². The molecule has 1 atom stereocenters. The molecule has 3 aromatic rings. The number of aromatic amines is 1. The molecule has 0 spiro atoms. The number of aryl methyl sites for hydroxylation is 2. The summed E-state index contributed by atoms with van der Waals surface area (Å²) in [6.07, 6.45) is 2.64. The molecular formula is C21H18ClN3O. The van der Waals surface area contributed by atoms with Gasteiger partial charge in [-0.05, 0) is 31.9 Å². The molecule has 0 amide bonds. The van der Waals surface area contributed by atoms with Crippen LogP contribution in [0.5, 0.6) is 5.75 Å². The summed E-state index contributed by atoms with van der Waals surface area (Å²) in [7, 11) is 0. The van der Waals surface area contributed by atoms with Gasteiger partial charge in [0.1, 0.15) is 23.7 Å². The quantitative estimate of drug-likeness (QED) is 0.723. The third-order valence-corrected chi connectivity index (χ3v) is 5.00. The number of nitrogens with zero attached hydrogens (tertiary/aromatic N) is 2. The Morgan fingerprint density at radius 2 is 2.04 bits per heavy atom. The van der Waals surface area contributed by atoms with Crippen LogP contribution in [0.2, 0.25) is 5.02 Å². The highest BCUT2D eigenvalue weighted by Crippen LogP contribution is 2.28. The predicted octanol–water partition coefficient (Wildman–Crippen LogP) is 4.85. The number of halogens is 1. The number of H-pyrrole nitrogens is 1. The maximum absolute atomic E-state index is 8.96. The van der Waals surface area contributed by atoms with E-state index in [1.54, 1.807) is 18.2 Å². The number of imidazole rings is 1. The Balaban J connectivity index is 1.50. The van der Waals surface area contributed by atoms with Crippen LogP contribution in [-0.4, -0.2) is 16.1 Å². The molecule has 1 aromatic heterocycles. The second-order valence-electron chi connectivity index (χ2n) is 6.61. The largest absolute Gasteiger partial charge is 0.490 e. The molecule has 0 saturated heterocycles. The molecule has 26 heavy (non-hydrogen) atoms. The van der Waals surface area contributed by atoms with Crippen molar-refractivity contribution in [2.75, 3.05) is 0 Å². The third kappa shape index (κ3) is 3.31. The number of aromatic nitrogens is 2. The first-order chi connectivity index (χ1) is 12.6. The van der Waals surface area contributed by atoms with Crippen LogP contribution in [0.3, 0.4) is 0 Å². The van der Waals surface area contributed by atoms with Gasteiger partial charge in [0.15, 0.2) is 0 Å². The molecule has 2 aromatic carbocycles. The lowest BCUT2D eigenvalue weighted by Crippen LogP contribution is -2.25. The number of ether oxygens (including phenoxy) is 1. The van der Waals surface area contributed by atoms with Crippen molar-refractivity contribution in [2.45, 2.75) is 32.3 Å². The van der Waals surface area contributed by atoms with E-state index in [1.807, 2.05) is 0 Å². The van der Waals surface area contributed by atoms with E-state index >= 15 is 0 Å². The average Bonchev–Trinajstić information content (AvgIpc) is 3.06. The minimum Gasteiger partial charge on any atom is -0.490 e. The van der Waals surface area contributed by atoms with Gasteiger partial charge in [0.25, 0.3) is 0 Å². The van der Waals surface area contributed by atoms with E-state index in [9.17, 15) is 0 Å². The van der Waals surface area contributed by atoms with Crippen molar-refractivity contribution in [3.05, 3.63) is 70.0 Å². The Kier molecular flexibility index (Phi) is 4.40. The molecule has 0 fully saturated rings. The summed E-state index contributed by atoms with van der Waals surface area (Å²) in [5.41, 5.74) is 5.05. The Labute approximate surface area is 157 Å². The molecule has 0 saturated carbocycles. The predicted molar refractivity (Wildman–Crippen MR) is 101 cm³/mol. The first kappa shape index (κ1) is 16.7. The van der Waals surface area contributed by atoms with Gasteiger partial charge in [0.2, 0.25) is 0 Å². The fourth-order valence-corrected chi connectivity index (χ4v) is 3.46. The number of hydrogen-bond acceptors (Lipinski definition) is 3. The highest BCUT2D eigenvalue weighted by atomic mass is 35.5. The molecule has 1 heterocycles. The summed E-state index contributed by atoms with van der Waals surface area (Å²) in [6, 6.07) is 15.6. The number of hydrogen-bond donors (Lipinski definition) is 1. The van der Waals surface area contributed by atoms with Gasteiger partial charge in [0, 0.05) is 23.7 Å². The first-order valence-electron chi connectivity index (χ1n) is 8.63. The monoisotopic (exact) mass is 363 g/mol. The van der Waals surface area contributed by atoms with Gasteiger partial charge in [-0.15, -0.1) is 0 Å². The van der Waals surface area contributed by atoms with Gasteiger partial charge < -0.3 is 9.72 Å². The maximum Gasteiger partial charge on any atom is 0.137 e. The molecule has 0 unspecified atom stereocenters. The van der Waals surface area contributed by atoms with Crippen LogP contribution in [0.25, 0.3) is 11.4 Å². The smallest absolute Gasteiger partial charge is 0.137 e. The highest BCUT2D eigenvalue weighted by molar-refractivity contribution is 6.31. The van der Waals surface area contributed by atoms with Crippen molar-refractivity contribution in [1.29, 1.82) is 5.26 Å². The molecule has 130 valence electrons. The van der Waals surface area contributed by atoms with Crippen LogP contribution in [0, 0.1) is 18.3 Å². The van der Waals surface area contributed by atoms with Crippen LogP contribution in [-0.2, 0) is 12.8 Å². The van der Waals surface area contributed by atoms with E-state index in [-0.39, 0.29) is 6.10 Å². The van der Waals surface area contributed by atoms with Crippen molar-refractivity contribution >= 4 is 11.6 Å². The lowest BCUT2D eigenvalue weighted by Gasteiger charge is -2.22. The van der Waals surface area contributed by atoms with Gasteiger partial charge in [-0.25, -0.2) is 4.98 Å². The molecule has 1 aliphatic rings. The standard InChI is InChI=1S/C21H18ClN3O/c1-13-2-4-14(5-3-13)21-24-19-9-8-17(11-20(19)25-21)26-16-7-6-15(12-23)18(22)10-16/h2-7,10,17H,8-9,11H2,1H3,(H,24,25)/t17-/m1/s1. The molecule has 5 heteroatoms. The summed E-state index contributed by atoms with van der Waals surface area (Å²) in [6.45, 7) is 2.08. The highest BCUT2D eigenvalue weighted by Gasteiger charge is 2.24. The lowest BCUT2D eigenvalue weighted by atomic mass is 9.98. The van der Waals surface area contributed by atoms with Crippen LogP contribution < -0.4 is 4.74 Å². The topological polar surface area (TPSA) is 61.7 Å². The Morgan fingerprint density at radius 1 is 1.23 bits per heavy atom. The molecule has 1 N–H and O–H groups in total. The van der Waals surface area contributed by atoms with Crippen LogP contribution in [0.1, 0.15) is 28.9 Å². The summed E-state index contributed by atoms with van der Waals surface area (Å²) in [5.74, 6) is 1.61. The number of fused-ring (bicyclic) bond motifs is 1. The molecule has 0 aliphatic heterocycles. The number of nitrogens with one attached hydrogen (secondary N) is 1. The zero-order valence-corrected chi connectivity index (χ0v) is 15.2. The molecule has 1 aliphatic carbocycles. The Hall–Kier alpha value is -2.77. The summed E-state index contributed by atoms with van der Waals surface area (Å²) in [5, 5.41) is 9.38. The van der Waals surface area contributed by atoms with E-state index in [0.717, 1.165) is 36.3 Å². The van der Waals surface area contributed by atoms with Gasteiger partial charge in [-0.3, -0.25) is 0 Å². The van der Waals surface area contributed by atoms with Crippen molar-refractivity contribution in [1.82, 2.24) is 9.97 Å². The fourth-order valence-electron chi connectivity index (χ4n) is 3.25. The molecule has 0 bridgehead atoms. The number of benzene rings is 2. The summed E-state index contributed by atoms with van der Waals surface area (Å²) >= 11 is 6.09. The van der Waals surface area contributed by atoms with Crippen LogP contribution in [0.4, 0.5) is 0 Å². The minimum atomic E-state index is 0.0562. The van der Waals surface area contributed by atoms with Crippen molar-refractivity contribution in [3.63, 3.8) is 0 Å². The normalized spacial score (nSPS) is 16.0. The molecule has 4 rings (SSSR count). The van der Waals surface area contributed by atoms with Crippen LogP contribution >= 0.6 is 11.6 Å².